The van der Waals surface area contributed by atoms with Crippen molar-refractivity contribution in [2.75, 3.05) is 9.80 Å². The zero-order valence-corrected chi connectivity index (χ0v) is 24.2. The quantitative estimate of drug-likeness (QED) is 0.0799. The lowest BCUT2D eigenvalue weighted by Crippen LogP contribution is -2.13. The van der Waals surface area contributed by atoms with E-state index in [4.69, 9.17) is 6.57 Å². The number of nitro benzene ring substituents is 4. The zero-order chi connectivity index (χ0) is 34.5. The molecule has 5 rings (SSSR count). The second-order valence-corrected chi connectivity index (χ2v) is 9.85. The van der Waals surface area contributed by atoms with Gasteiger partial charge in [-0.2, -0.15) is 5.26 Å². The number of rotatable bonds is 10. The zero-order valence-electron chi connectivity index (χ0n) is 24.2. The molecular weight excluding hydrogens is 624 g/mol. The molecule has 0 radical (unpaired) electrons. The van der Waals surface area contributed by atoms with Crippen LogP contribution >= 0.6 is 0 Å². The summed E-state index contributed by atoms with van der Waals surface area (Å²) in [6.07, 6.45) is 0. The molecule has 48 heavy (non-hydrogen) atoms. The standard InChI is InChI=1S/C32H18N8O8/c1-34-30-19-29(40(47)48)15-17-32(30)36(25-8-12-27(13-9-25)38(43)44)24-4-2-22(3-5-24)35(23-6-10-26(11-7-23)37(41)42)31-16-14-28(39(45)46)18-21(31)20-33/h2-19H. The van der Waals surface area contributed by atoms with Gasteiger partial charge in [-0.05, 0) is 60.7 Å². The van der Waals surface area contributed by atoms with E-state index >= 15 is 0 Å². The highest BCUT2D eigenvalue weighted by atomic mass is 16.6. The summed E-state index contributed by atoms with van der Waals surface area (Å²) in [5, 5.41) is 55.3. The smallest absolute Gasteiger partial charge is 0.270 e. The van der Waals surface area contributed by atoms with Crippen LogP contribution in [0.2, 0.25) is 0 Å². The highest BCUT2D eigenvalue weighted by Crippen LogP contribution is 2.44. The van der Waals surface area contributed by atoms with Crippen molar-refractivity contribution in [1.29, 1.82) is 5.26 Å². The fourth-order valence-electron chi connectivity index (χ4n) is 4.88. The second kappa shape index (κ2) is 13.1. The van der Waals surface area contributed by atoms with Crippen LogP contribution in [0.15, 0.2) is 109 Å². The number of anilines is 6. The number of nitro groups is 4. The molecule has 0 bridgehead atoms. The van der Waals surface area contributed by atoms with Crippen molar-refractivity contribution in [3.63, 3.8) is 0 Å². The van der Waals surface area contributed by atoms with Gasteiger partial charge in [-0.25, -0.2) is 4.85 Å². The molecule has 0 saturated heterocycles. The van der Waals surface area contributed by atoms with Crippen LogP contribution in [0.4, 0.5) is 62.6 Å². The van der Waals surface area contributed by atoms with E-state index in [1.807, 2.05) is 6.07 Å². The van der Waals surface area contributed by atoms with Gasteiger partial charge in [-0.1, -0.05) is 0 Å². The first-order valence-corrected chi connectivity index (χ1v) is 13.6. The Balaban J connectivity index is 1.68. The van der Waals surface area contributed by atoms with E-state index in [-0.39, 0.29) is 45.4 Å². The van der Waals surface area contributed by atoms with Gasteiger partial charge in [0, 0.05) is 71.3 Å². The monoisotopic (exact) mass is 642 g/mol. The topological polar surface area (TPSA) is 207 Å². The average Bonchev–Trinajstić information content (AvgIpc) is 3.09. The first-order valence-electron chi connectivity index (χ1n) is 13.6. The predicted molar refractivity (Wildman–Crippen MR) is 173 cm³/mol. The number of nitriles is 1. The van der Waals surface area contributed by atoms with Crippen molar-refractivity contribution < 1.29 is 19.7 Å². The normalized spacial score (nSPS) is 10.3. The predicted octanol–water partition coefficient (Wildman–Crippen LogP) is 8.68. The first kappa shape index (κ1) is 31.7. The van der Waals surface area contributed by atoms with Crippen molar-refractivity contribution in [3.05, 3.63) is 167 Å². The second-order valence-electron chi connectivity index (χ2n) is 9.85. The van der Waals surface area contributed by atoms with Crippen LogP contribution in [0.5, 0.6) is 0 Å². The molecule has 5 aromatic carbocycles. The largest absolute Gasteiger partial charge is 0.320 e. The summed E-state index contributed by atoms with van der Waals surface area (Å²) < 4.78 is 0. The Labute approximate surface area is 270 Å². The van der Waals surface area contributed by atoms with Crippen LogP contribution in [0.25, 0.3) is 4.85 Å². The van der Waals surface area contributed by atoms with Crippen LogP contribution in [-0.2, 0) is 0 Å². The molecule has 5 aromatic rings. The van der Waals surface area contributed by atoms with Crippen molar-refractivity contribution in [3.8, 4) is 6.07 Å². The van der Waals surface area contributed by atoms with Crippen LogP contribution < -0.4 is 9.80 Å². The Morgan fingerprint density at radius 1 is 0.521 bits per heavy atom. The number of hydrogen-bond acceptors (Lipinski definition) is 11. The third kappa shape index (κ3) is 6.25. The highest BCUT2D eigenvalue weighted by Gasteiger charge is 2.23. The van der Waals surface area contributed by atoms with Gasteiger partial charge in [0.2, 0.25) is 5.69 Å². The fraction of sp³-hybridized carbons (Fsp3) is 0. The van der Waals surface area contributed by atoms with Crippen LogP contribution in [-0.4, -0.2) is 19.7 Å². The maximum absolute atomic E-state index is 11.4. The summed E-state index contributed by atoms with van der Waals surface area (Å²) in [5.41, 5.74) is 1.01. The van der Waals surface area contributed by atoms with Crippen molar-refractivity contribution >= 4 is 62.6 Å². The van der Waals surface area contributed by atoms with Gasteiger partial charge in [0.15, 0.2) is 0 Å². The van der Waals surface area contributed by atoms with E-state index in [9.17, 15) is 45.7 Å². The van der Waals surface area contributed by atoms with Crippen LogP contribution in [0, 0.1) is 58.4 Å². The summed E-state index contributed by atoms with van der Waals surface area (Å²) in [6.45, 7) is 7.70. The summed E-state index contributed by atoms with van der Waals surface area (Å²) >= 11 is 0. The minimum absolute atomic E-state index is 0.0493. The molecule has 234 valence electrons. The molecular formula is C32H18N8O8. The van der Waals surface area contributed by atoms with Gasteiger partial charge < -0.3 is 9.80 Å². The van der Waals surface area contributed by atoms with Crippen LogP contribution in [0.1, 0.15) is 5.56 Å². The number of nitrogens with zero attached hydrogens (tertiary/aromatic N) is 8. The first-order chi connectivity index (χ1) is 23.0. The van der Waals surface area contributed by atoms with Crippen molar-refractivity contribution in [2.24, 2.45) is 0 Å². The van der Waals surface area contributed by atoms with E-state index in [1.165, 1.54) is 72.8 Å². The summed E-state index contributed by atoms with van der Waals surface area (Å²) in [6, 6.07) is 26.8. The lowest BCUT2D eigenvalue weighted by molar-refractivity contribution is -0.385. The summed E-state index contributed by atoms with van der Waals surface area (Å²) in [5.74, 6) is 0. The molecule has 0 aliphatic carbocycles. The third-order valence-electron chi connectivity index (χ3n) is 7.09. The Bertz CT molecular complexity index is 2020. The third-order valence-corrected chi connectivity index (χ3v) is 7.09. The Hall–Kier alpha value is -7.72. The lowest BCUT2D eigenvalue weighted by Gasteiger charge is -2.29. The van der Waals surface area contributed by atoms with E-state index in [1.54, 1.807) is 34.1 Å². The molecule has 16 nitrogen and oxygen atoms in total. The Kier molecular flexibility index (Phi) is 8.65. The van der Waals surface area contributed by atoms with Gasteiger partial charge in [0.25, 0.3) is 22.7 Å². The molecule has 0 aromatic heterocycles. The lowest BCUT2D eigenvalue weighted by atomic mass is 10.1. The van der Waals surface area contributed by atoms with Gasteiger partial charge in [-0.15, -0.1) is 0 Å². The maximum Gasteiger partial charge on any atom is 0.270 e. The Morgan fingerprint density at radius 3 is 1.23 bits per heavy atom. The number of hydrogen-bond donors (Lipinski definition) is 0. The molecule has 0 saturated carbocycles. The molecule has 0 spiro atoms. The minimum atomic E-state index is -0.641. The maximum atomic E-state index is 11.4. The molecule has 16 heteroatoms. The molecule has 0 heterocycles. The molecule has 0 amide bonds. The van der Waals surface area contributed by atoms with Gasteiger partial charge in [0.1, 0.15) is 6.07 Å². The van der Waals surface area contributed by atoms with E-state index in [0.717, 1.165) is 12.1 Å². The van der Waals surface area contributed by atoms with E-state index in [0.29, 0.717) is 22.7 Å². The average molecular weight is 643 g/mol. The molecule has 0 fully saturated rings. The molecule has 0 aliphatic heterocycles. The fourth-order valence-corrected chi connectivity index (χ4v) is 4.88. The molecule has 0 aliphatic rings. The van der Waals surface area contributed by atoms with E-state index in [2.05, 4.69) is 4.85 Å². The Morgan fingerprint density at radius 2 is 0.854 bits per heavy atom. The van der Waals surface area contributed by atoms with Crippen LogP contribution in [0.3, 0.4) is 0 Å². The molecule has 0 unspecified atom stereocenters. The van der Waals surface area contributed by atoms with Crippen molar-refractivity contribution in [1.82, 2.24) is 0 Å². The number of benzene rings is 5. The highest BCUT2D eigenvalue weighted by molar-refractivity contribution is 5.88. The minimum Gasteiger partial charge on any atom is -0.320 e. The van der Waals surface area contributed by atoms with Crippen molar-refractivity contribution in [2.45, 2.75) is 0 Å². The molecule has 0 atom stereocenters. The summed E-state index contributed by atoms with van der Waals surface area (Å²) in [7, 11) is 0. The van der Waals surface area contributed by atoms with Gasteiger partial charge >= 0.3 is 0 Å². The van der Waals surface area contributed by atoms with E-state index < -0.39 is 19.7 Å². The summed E-state index contributed by atoms with van der Waals surface area (Å²) in [4.78, 5) is 49.6. The SMILES string of the molecule is [C-]#[N+]c1cc([N+](=O)[O-])ccc1N(c1ccc(N(c2ccc([N+](=O)[O-])cc2)c2ccc([N+](=O)[O-])cc2C#N)cc1)c1ccc([N+](=O)[O-])cc1. The van der Waals surface area contributed by atoms with Gasteiger partial charge in [0.05, 0.1) is 43.2 Å². The number of non-ortho nitro benzene ring substituents is 4. The van der Waals surface area contributed by atoms with Gasteiger partial charge in [-0.3, -0.25) is 40.5 Å². The molecule has 0 N–H and O–H groups in total.